The third-order valence-electron chi connectivity index (χ3n) is 3.55. The molecule has 0 aliphatic rings. The van der Waals surface area contributed by atoms with Crippen molar-refractivity contribution in [3.8, 4) is 0 Å². The van der Waals surface area contributed by atoms with Crippen molar-refractivity contribution in [3.05, 3.63) is 54.1 Å². The zero-order chi connectivity index (χ0) is 15.9. The molecule has 0 fully saturated rings. The maximum absolute atomic E-state index is 12.4. The van der Waals surface area contributed by atoms with E-state index >= 15 is 0 Å². The molecule has 0 aliphatic heterocycles. The molecule has 0 radical (unpaired) electrons. The van der Waals surface area contributed by atoms with Gasteiger partial charge in [0.25, 0.3) is 0 Å². The van der Waals surface area contributed by atoms with Crippen molar-refractivity contribution < 1.29 is 4.79 Å². The summed E-state index contributed by atoms with van der Waals surface area (Å²) in [5, 5.41) is 4.08. The van der Waals surface area contributed by atoms with Crippen LogP contribution in [0.3, 0.4) is 0 Å². The topological polar surface area (TPSA) is 51.0 Å². The second-order valence-corrected chi connectivity index (χ2v) is 5.29. The number of likely N-dealkylation sites (N-methyl/N-ethyl adjacent to an activating group) is 1. The van der Waals surface area contributed by atoms with E-state index in [2.05, 4.69) is 17.0 Å². The van der Waals surface area contributed by atoms with Crippen molar-refractivity contribution in [1.29, 1.82) is 0 Å². The van der Waals surface area contributed by atoms with Gasteiger partial charge in [0, 0.05) is 38.1 Å². The smallest absolute Gasteiger partial charge is 0.246 e. The molecule has 5 nitrogen and oxygen atoms in total. The molecule has 5 heteroatoms. The number of aromatic nitrogens is 3. The van der Waals surface area contributed by atoms with Crippen LogP contribution in [0.2, 0.25) is 0 Å². The van der Waals surface area contributed by atoms with Crippen LogP contribution in [-0.2, 0) is 11.8 Å². The number of hydrogen-bond acceptors (Lipinski definition) is 3. The van der Waals surface area contributed by atoms with E-state index in [-0.39, 0.29) is 11.9 Å². The summed E-state index contributed by atoms with van der Waals surface area (Å²) in [4.78, 5) is 18.5. The van der Waals surface area contributed by atoms with Crippen LogP contribution in [-0.4, -0.2) is 32.6 Å². The van der Waals surface area contributed by atoms with Crippen LogP contribution in [0.15, 0.2) is 42.9 Å². The molecule has 1 atom stereocenters. The third kappa shape index (κ3) is 4.04. The van der Waals surface area contributed by atoms with Gasteiger partial charge in [0.1, 0.15) is 0 Å². The van der Waals surface area contributed by atoms with Crippen LogP contribution >= 0.6 is 0 Å². The Morgan fingerprint density at radius 1 is 1.45 bits per heavy atom. The molecule has 0 saturated carbocycles. The van der Waals surface area contributed by atoms with Gasteiger partial charge < -0.3 is 4.90 Å². The summed E-state index contributed by atoms with van der Waals surface area (Å²) in [5.41, 5.74) is 1.84. The molecule has 2 heterocycles. The van der Waals surface area contributed by atoms with Crippen LogP contribution in [0.5, 0.6) is 0 Å². The fourth-order valence-corrected chi connectivity index (χ4v) is 2.35. The quantitative estimate of drug-likeness (QED) is 0.771. The van der Waals surface area contributed by atoms with Gasteiger partial charge in [0.05, 0.1) is 17.9 Å². The van der Waals surface area contributed by atoms with Gasteiger partial charge in [-0.25, -0.2) is 0 Å². The lowest BCUT2D eigenvalue weighted by Crippen LogP contribution is -2.30. The lowest BCUT2D eigenvalue weighted by atomic mass is 10.1. The van der Waals surface area contributed by atoms with Gasteiger partial charge in [0.15, 0.2) is 0 Å². The lowest BCUT2D eigenvalue weighted by molar-refractivity contribution is -0.127. The van der Waals surface area contributed by atoms with Crippen LogP contribution in [0.4, 0.5) is 0 Å². The zero-order valence-electron chi connectivity index (χ0n) is 13.3. The van der Waals surface area contributed by atoms with Crippen molar-refractivity contribution in [2.75, 3.05) is 7.05 Å². The first-order chi connectivity index (χ1) is 10.6. The summed E-state index contributed by atoms with van der Waals surface area (Å²) in [6.45, 7) is 2.11. The van der Waals surface area contributed by atoms with E-state index in [0.717, 1.165) is 24.1 Å². The molecule has 2 aromatic heterocycles. The second kappa shape index (κ2) is 7.54. The van der Waals surface area contributed by atoms with Crippen LogP contribution < -0.4 is 0 Å². The molecule has 0 bridgehead atoms. The number of amides is 1. The number of hydrogen-bond donors (Lipinski definition) is 0. The highest BCUT2D eigenvalue weighted by Gasteiger charge is 2.20. The minimum atomic E-state index is -0.0343. The van der Waals surface area contributed by atoms with Crippen molar-refractivity contribution in [2.45, 2.75) is 25.8 Å². The Hall–Kier alpha value is -2.43. The maximum atomic E-state index is 12.4. The minimum absolute atomic E-state index is 0.00255. The van der Waals surface area contributed by atoms with Crippen molar-refractivity contribution in [2.24, 2.45) is 7.05 Å². The number of carbonyl (C=O) groups excluding carboxylic acids is 1. The van der Waals surface area contributed by atoms with E-state index in [1.165, 1.54) is 0 Å². The molecule has 0 aromatic carbocycles. The standard InChI is InChI=1S/C17H22N4O/c1-4-7-16(15-8-5-6-11-18-15)21(3)17(22)10-9-14-12-19-20(2)13-14/h5-6,8-13,16H,4,7H2,1-3H3/b10-9-/t16-/m0/s1. The largest absolute Gasteiger partial charge is 0.334 e. The van der Waals surface area contributed by atoms with Crippen LogP contribution in [0.25, 0.3) is 6.08 Å². The highest BCUT2D eigenvalue weighted by molar-refractivity contribution is 5.91. The first kappa shape index (κ1) is 15.9. The summed E-state index contributed by atoms with van der Waals surface area (Å²) >= 11 is 0. The van der Waals surface area contributed by atoms with Crippen LogP contribution in [0, 0.1) is 0 Å². The summed E-state index contributed by atoms with van der Waals surface area (Å²) in [6.07, 6.45) is 10.6. The molecule has 22 heavy (non-hydrogen) atoms. The third-order valence-corrected chi connectivity index (χ3v) is 3.55. The highest BCUT2D eigenvalue weighted by Crippen LogP contribution is 2.23. The maximum Gasteiger partial charge on any atom is 0.246 e. The fourth-order valence-electron chi connectivity index (χ4n) is 2.35. The monoisotopic (exact) mass is 298 g/mol. The van der Waals surface area contributed by atoms with Crippen molar-refractivity contribution in [3.63, 3.8) is 0 Å². The van der Waals surface area contributed by atoms with Crippen LogP contribution in [0.1, 0.15) is 37.1 Å². The Morgan fingerprint density at radius 2 is 2.27 bits per heavy atom. The molecule has 0 saturated heterocycles. The number of carbonyl (C=O) groups is 1. The Balaban J connectivity index is 2.11. The second-order valence-electron chi connectivity index (χ2n) is 5.29. The Bertz CT molecular complexity index is 633. The van der Waals surface area contributed by atoms with E-state index in [0.29, 0.717) is 0 Å². The van der Waals surface area contributed by atoms with E-state index in [9.17, 15) is 4.79 Å². The normalized spacial score (nSPS) is 12.5. The van der Waals surface area contributed by atoms with Gasteiger partial charge in [0.2, 0.25) is 5.91 Å². The Labute approximate surface area is 131 Å². The first-order valence-electron chi connectivity index (χ1n) is 7.46. The number of rotatable bonds is 6. The lowest BCUT2D eigenvalue weighted by Gasteiger charge is -2.26. The van der Waals surface area contributed by atoms with E-state index in [1.807, 2.05) is 38.5 Å². The molecule has 116 valence electrons. The summed E-state index contributed by atoms with van der Waals surface area (Å²) in [6, 6.07) is 5.80. The zero-order valence-corrected chi connectivity index (χ0v) is 13.3. The molecule has 2 aromatic rings. The van der Waals surface area contributed by atoms with Gasteiger partial charge in [-0.15, -0.1) is 0 Å². The Morgan fingerprint density at radius 3 is 2.86 bits per heavy atom. The van der Waals surface area contributed by atoms with Gasteiger partial charge in [-0.2, -0.15) is 5.10 Å². The summed E-state index contributed by atoms with van der Waals surface area (Å²) < 4.78 is 1.71. The molecule has 0 aliphatic carbocycles. The average Bonchev–Trinajstić information content (AvgIpc) is 2.96. The van der Waals surface area contributed by atoms with E-state index in [4.69, 9.17) is 0 Å². The molecule has 0 unspecified atom stereocenters. The van der Waals surface area contributed by atoms with Crippen molar-refractivity contribution in [1.82, 2.24) is 19.7 Å². The number of nitrogens with zero attached hydrogens (tertiary/aromatic N) is 4. The average molecular weight is 298 g/mol. The van der Waals surface area contributed by atoms with Gasteiger partial charge >= 0.3 is 0 Å². The SMILES string of the molecule is CCC[C@@H](c1ccccn1)N(C)C(=O)/C=C\c1cnn(C)c1. The summed E-state index contributed by atoms with van der Waals surface area (Å²) in [7, 11) is 3.68. The molecule has 2 rings (SSSR count). The molecular weight excluding hydrogens is 276 g/mol. The van der Waals surface area contributed by atoms with Gasteiger partial charge in [-0.3, -0.25) is 14.5 Å². The van der Waals surface area contributed by atoms with Gasteiger partial charge in [-0.05, 0) is 24.6 Å². The van der Waals surface area contributed by atoms with E-state index < -0.39 is 0 Å². The number of pyridine rings is 1. The summed E-state index contributed by atoms with van der Waals surface area (Å²) in [5.74, 6) is -0.0343. The predicted molar refractivity (Wildman–Crippen MR) is 86.9 cm³/mol. The highest BCUT2D eigenvalue weighted by atomic mass is 16.2. The minimum Gasteiger partial charge on any atom is -0.334 e. The molecule has 0 N–H and O–H groups in total. The first-order valence-corrected chi connectivity index (χ1v) is 7.46. The van der Waals surface area contributed by atoms with Crippen molar-refractivity contribution >= 4 is 12.0 Å². The molecular formula is C17H22N4O. The molecule has 0 spiro atoms. The number of aryl methyl sites for hydroxylation is 1. The molecule has 1 amide bonds. The Kier molecular flexibility index (Phi) is 5.47. The predicted octanol–water partition coefficient (Wildman–Crippen LogP) is 2.83. The van der Waals surface area contributed by atoms with E-state index in [1.54, 1.807) is 34.1 Å². The van der Waals surface area contributed by atoms with Gasteiger partial charge in [-0.1, -0.05) is 19.4 Å². The fraction of sp³-hybridized carbons (Fsp3) is 0.353.